The maximum Gasteiger partial charge on any atom is 0.329 e. The van der Waals surface area contributed by atoms with E-state index in [1.54, 1.807) is 0 Å². The molecule has 1 aromatic rings. The molecule has 1 aliphatic rings. The molecular formula is C11H15N3O3S. The molecule has 98 valence electrons. The molecule has 0 aromatic carbocycles. The highest BCUT2D eigenvalue weighted by atomic mass is 32.1. The standard InChI is InChI=1S/C11H15N3O3S/c15-9(8-7-12-18-14-8)13-11(10(16)17)5-3-1-2-4-6-11/h7H,1-6H2,(H,13,15)(H,16,17). The van der Waals surface area contributed by atoms with Crippen LogP contribution < -0.4 is 5.32 Å². The molecule has 0 aliphatic heterocycles. The summed E-state index contributed by atoms with van der Waals surface area (Å²) in [4.78, 5) is 23.4. The normalized spacial score (nSPS) is 18.9. The fourth-order valence-electron chi connectivity index (χ4n) is 2.27. The quantitative estimate of drug-likeness (QED) is 0.810. The van der Waals surface area contributed by atoms with Gasteiger partial charge in [-0.05, 0) is 12.8 Å². The van der Waals surface area contributed by atoms with E-state index in [1.165, 1.54) is 6.20 Å². The van der Waals surface area contributed by atoms with Gasteiger partial charge in [0.15, 0.2) is 5.69 Å². The largest absolute Gasteiger partial charge is 0.480 e. The van der Waals surface area contributed by atoms with E-state index >= 15 is 0 Å². The maximum absolute atomic E-state index is 11.9. The van der Waals surface area contributed by atoms with Gasteiger partial charge in [-0.25, -0.2) is 4.79 Å². The van der Waals surface area contributed by atoms with Crippen molar-refractivity contribution in [2.24, 2.45) is 0 Å². The minimum Gasteiger partial charge on any atom is -0.480 e. The lowest BCUT2D eigenvalue weighted by Crippen LogP contribution is -2.54. The molecule has 2 N–H and O–H groups in total. The molecule has 0 bridgehead atoms. The van der Waals surface area contributed by atoms with E-state index in [-0.39, 0.29) is 5.69 Å². The second-order valence-corrected chi connectivity index (χ2v) is 5.10. The molecule has 0 unspecified atom stereocenters. The number of nitrogens with one attached hydrogen (secondary N) is 1. The summed E-state index contributed by atoms with van der Waals surface area (Å²) in [6.07, 6.45) is 5.99. The van der Waals surface area contributed by atoms with E-state index in [0.717, 1.165) is 37.4 Å². The molecule has 0 saturated heterocycles. The Bertz CT molecular complexity index is 425. The third kappa shape index (κ3) is 2.66. The molecule has 7 heteroatoms. The van der Waals surface area contributed by atoms with Crippen LogP contribution in [0.2, 0.25) is 0 Å². The van der Waals surface area contributed by atoms with Gasteiger partial charge >= 0.3 is 5.97 Å². The van der Waals surface area contributed by atoms with Crippen molar-refractivity contribution in [2.45, 2.75) is 44.1 Å². The van der Waals surface area contributed by atoms with Crippen LogP contribution in [0.4, 0.5) is 0 Å². The summed E-state index contributed by atoms with van der Waals surface area (Å²) in [7, 11) is 0. The molecule has 6 nitrogen and oxygen atoms in total. The predicted octanol–water partition coefficient (Wildman–Crippen LogP) is 1.45. The first kappa shape index (κ1) is 12.9. The molecular weight excluding hydrogens is 254 g/mol. The zero-order chi connectivity index (χ0) is 13.0. The smallest absolute Gasteiger partial charge is 0.329 e. The Morgan fingerprint density at radius 1 is 1.28 bits per heavy atom. The molecule has 2 rings (SSSR count). The Hall–Kier alpha value is -1.50. The summed E-state index contributed by atoms with van der Waals surface area (Å²) >= 11 is 0.933. The van der Waals surface area contributed by atoms with Crippen LogP contribution in [0.15, 0.2) is 6.20 Å². The molecule has 0 spiro atoms. The van der Waals surface area contributed by atoms with Crippen molar-refractivity contribution in [1.29, 1.82) is 0 Å². The van der Waals surface area contributed by atoms with E-state index < -0.39 is 17.4 Å². The molecule has 18 heavy (non-hydrogen) atoms. The molecule has 1 fully saturated rings. The third-order valence-electron chi connectivity index (χ3n) is 3.31. The van der Waals surface area contributed by atoms with E-state index in [9.17, 15) is 14.7 Å². The molecule has 1 amide bonds. The van der Waals surface area contributed by atoms with Gasteiger partial charge in [0.1, 0.15) is 5.54 Å². The zero-order valence-corrected chi connectivity index (χ0v) is 10.7. The number of carboxylic acid groups (broad SMARTS) is 1. The number of rotatable bonds is 3. The van der Waals surface area contributed by atoms with Gasteiger partial charge < -0.3 is 10.4 Å². The second-order valence-electron chi connectivity index (χ2n) is 4.55. The number of hydrogen-bond donors (Lipinski definition) is 2. The van der Waals surface area contributed by atoms with Gasteiger partial charge in [0.05, 0.1) is 17.9 Å². The number of hydrogen-bond acceptors (Lipinski definition) is 5. The minimum absolute atomic E-state index is 0.185. The van der Waals surface area contributed by atoms with Crippen molar-refractivity contribution in [3.05, 3.63) is 11.9 Å². The summed E-state index contributed by atoms with van der Waals surface area (Å²) in [5.41, 5.74) is -0.957. The van der Waals surface area contributed by atoms with Crippen molar-refractivity contribution in [2.75, 3.05) is 0 Å². The monoisotopic (exact) mass is 269 g/mol. The van der Waals surface area contributed by atoms with Crippen molar-refractivity contribution in [1.82, 2.24) is 14.1 Å². The van der Waals surface area contributed by atoms with Crippen LogP contribution in [0.5, 0.6) is 0 Å². The Morgan fingerprint density at radius 2 is 1.94 bits per heavy atom. The number of carboxylic acids is 1. The number of amides is 1. The average molecular weight is 269 g/mol. The van der Waals surface area contributed by atoms with Gasteiger partial charge in [-0.15, -0.1) is 0 Å². The van der Waals surface area contributed by atoms with Gasteiger partial charge in [0.25, 0.3) is 5.91 Å². The van der Waals surface area contributed by atoms with E-state index in [4.69, 9.17) is 0 Å². The fourth-order valence-corrected chi connectivity index (χ4v) is 2.68. The molecule has 1 saturated carbocycles. The Kier molecular flexibility index (Phi) is 3.90. The zero-order valence-electron chi connectivity index (χ0n) is 9.89. The Balaban J connectivity index is 2.15. The lowest BCUT2D eigenvalue weighted by atomic mass is 9.90. The molecule has 0 radical (unpaired) electrons. The van der Waals surface area contributed by atoms with Gasteiger partial charge in [0.2, 0.25) is 0 Å². The van der Waals surface area contributed by atoms with Crippen LogP contribution >= 0.6 is 11.7 Å². The van der Waals surface area contributed by atoms with E-state index in [0.29, 0.717) is 12.8 Å². The minimum atomic E-state index is -1.14. The van der Waals surface area contributed by atoms with Gasteiger partial charge in [-0.2, -0.15) is 8.75 Å². The molecule has 1 aromatic heterocycles. The number of aliphatic carboxylic acids is 1. The lowest BCUT2D eigenvalue weighted by Gasteiger charge is -2.28. The van der Waals surface area contributed by atoms with Crippen molar-refractivity contribution in [3.63, 3.8) is 0 Å². The van der Waals surface area contributed by atoms with Crippen LogP contribution in [0.25, 0.3) is 0 Å². The highest BCUT2D eigenvalue weighted by Gasteiger charge is 2.40. The first-order valence-electron chi connectivity index (χ1n) is 5.97. The maximum atomic E-state index is 11.9. The SMILES string of the molecule is O=C(NC1(C(=O)O)CCCCCC1)c1cnsn1. The van der Waals surface area contributed by atoms with Crippen LogP contribution in [0.3, 0.4) is 0 Å². The lowest BCUT2D eigenvalue weighted by molar-refractivity contribution is -0.145. The van der Waals surface area contributed by atoms with Crippen LogP contribution in [0, 0.1) is 0 Å². The summed E-state index contributed by atoms with van der Waals surface area (Å²) in [6.45, 7) is 0. The highest BCUT2D eigenvalue weighted by Crippen LogP contribution is 2.27. The van der Waals surface area contributed by atoms with Crippen molar-refractivity contribution >= 4 is 23.6 Å². The van der Waals surface area contributed by atoms with Crippen LogP contribution in [-0.2, 0) is 4.79 Å². The van der Waals surface area contributed by atoms with Crippen LogP contribution in [0.1, 0.15) is 49.0 Å². The van der Waals surface area contributed by atoms with Crippen molar-refractivity contribution in [3.8, 4) is 0 Å². The summed E-state index contributed by atoms with van der Waals surface area (Å²) < 4.78 is 7.57. The highest BCUT2D eigenvalue weighted by molar-refractivity contribution is 6.99. The average Bonchev–Trinajstić information content (AvgIpc) is 2.77. The molecule has 1 aliphatic carbocycles. The summed E-state index contributed by atoms with van der Waals surface area (Å²) in [5, 5.41) is 12.1. The number of aromatic nitrogens is 2. The van der Waals surface area contributed by atoms with Gasteiger partial charge in [-0.3, -0.25) is 4.79 Å². The number of carbonyl (C=O) groups is 2. The second kappa shape index (κ2) is 5.43. The fraction of sp³-hybridized carbons (Fsp3) is 0.636. The molecule has 1 heterocycles. The van der Waals surface area contributed by atoms with Gasteiger partial charge in [0, 0.05) is 0 Å². The Morgan fingerprint density at radius 3 is 2.44 bits per heavy atom. The first-order chi connectivity index (χ1) is 8.64. The first-order valence-corrected chi connectivity index (χ1v) is 6.70. The third-order valence-corrected chi connectivity index (χ3v) is 3.79. The Labute approximate surface area is 109 Å². The summed E-state index contributed by atoms with van der Waals surface area (Å²) in [5.74, 6) is -1.41. The van der Waals surface area contributed by atoms with Crippen molar-refractivity contribution < 1.29 is 14.7 Å². The van der Waals surface area contributed by atoms with E-state index in [1.807, 2.05) is 0 Å². The van der Waals surface area contributed by atoms with E-state index in [2.05, 4.69) is 14.1 Å². The summed E-state index contributed by atoms with van der Waals surface area (Å²) in [6, 6.07) is 0. The van der Waals surface area contributed by atoms with Gasteiger partial charge in [-0.1, -0.05) is 25.7 Å². The number of carbonyl (C=O) groups excluding carboxylic acids is 1. The predicted molar refractivity (Wildman–Crippen MR) is 65.4 cm³/mol. The van der Waals surface area contributed by atoms with Crippen LogP contribution in [-0.4, -0.2) is 31.3 Å². The number of nitrogens with zero attached hydrogens (tertiary/aromatic N) is 2. The topological polar surface area (TPSA) is 92.2 Å². The molecule has 0 atom stereocenters.